The van der Waals surface area contributed by atoms with Crippen molar-refractivity contribution < 1.29 is 4.79 Å². The Balaban J connectivity index is 1.61. The van der Waals surface area contributed by atoms with E-state index in [4.69, 9.17) is 0 Å². The second-order valence-electron chi connectivity index (χ2n) is 5.35. The van der Waals surface area contributed by atoms with E-state index >= 15 is 0 Å². The first-order valence-corrected chi connectivity index (χ1v) is 8.30. The van der Waals surface area contributed by atoms with Crippen molar-refractivity contribution >= 4 is 17.2 Å². The van der Waals surface area contributed by atoms with Gasteiger partial charge in [0.1, 0.15) is 0 Å². The zero-order valence-electron chi connectivity index (χ0n) is 12.0. The lowest BCUT2D eigenvalue weighted by atomic mass is 10.1. The van der Waals surface area contributed by atoms with E-state index in [0.29, 0.717) is 0 Å². The van der Waals surface area contributed by atoms with Gasteiger partial charge >= 0.3 is 0 Å². The summed E-state index contributed by atoms with van der Waals surface area (Å²) in [5, 5.41) is 6.35. The first-order valence-electron chi connectivity index (χ1n) is 7.48. The molecule has 0 radical (unpaired) electrons. The number of nitrogens with one attached hydrogen (secondary N) is 2. The van der Waals surface area contributed by atoms with E-state index < -0.39 is 0 Å². The van der Waals surface area contributed by atoms with Gasteiger partial charge < -0.3 is 10.6 Å². The minimum absolute atomic E-state index is 0.0465. The largest absolute Gasteiger partial charge is 0.355 e. The van der Waals surface area contributed by atoms with Gasteiger partial charge in [0.15, 0.2) is 0 Å². The minimum atomic E-state index is -0.0465. The third kappa shape index (κ3) is 3.71. The van der Waals surface area contributed by atoms with E-state index in [1.807, 2.05) is 6.07 Å². The monoisotopic (exact) mass is 300 g/mol. The smallest absolute Gasteiger partial charge is 0.237 e. The van der Waals surface area contributed by atoms with Crippen LogP contribution in [-0.4, -0.2) is 18.5 Å². The summed E-state index contributed by atoms with van der Waals surface area (Å²) in [6.07, 6.45) is 3.12. The molecule has 1 aliphatic rings. The summed E-state index contributed by atoms with van der Waals surface area (Å²) in [4.78, 5) is 14.4. The first kappa shape index (κ1) is 14.3. The maximum absolute atomic E-state index is 11.9. The van der Waals surface area contributed by atoms with Gasteiger partial charge in [-0.05, 0) is 37.0 Å². The molecule has 1 aromatic carbocycles. The van der Waals surface area contributed by atoms with Crippen LogP contribution in [0.4, 0.5) is 0 Å². The van der Waals surface area contributed by atoms with Gasteiger partial charge in [-0.15, -0.1) is 11.3 Å². The van der Waals surface area contributed by atoms with E-state index in [1.165, 1.54) is 15.3 Å². The van der Waals surface area contributed by atoms with E-state index in [1.54, 1.807) is 11.3 Å². The Kier molecular flexibility index (Phi) is 4.68. The molecule has 1 atom stereocenters. The van der Waals surface area contributed by atoms with Gasteiger partial charge in [-0.2, -0.15) is 0 Å². The Hall–Kier alpha value is -1.65. The molecular formula is C17H20N2OS. The molecule has 0 saturated carbocycles. The molecule has 21 heavy (non-hydrogen) atoms. The van der Waals surface area contributed by atoms with Gasteiger partial charge in [0, 0.05) is 22.8 Å². The van der Waals surface area contributed by atoms with Gasteiger partial charge in [0.05, 0.1) is 6.04 Å². The average Bonchev–Trinajstić information content (AvgIpc) is 2.90. The van der Waals surface area contributed by atoms with Crippen molar-refractivity contribution in [2.45, 2.75) is 31.8 Å². The average molecular weight is 300 g/mol. The lowest BCUT2D eigenvalue weighted by Gasteiger charge is -2.14. The zero-order chi connectivity index (χ0) is 14.5. The normalized spacial score (nSPS) is 19.0. The van der Waals surface area contributed by atoms with Crippen molar-refractivity contribution in [2.75, 3.05) is 6.54 Å². The number of rotatable bonds is 4. The van der Waals surface area contributed by atoms with Gasteiger partial charge in [0.2, 0.25) is 5.91 Å². The van der Waals surface area contributed by atoms with E-state index in [2.05, 4.69) is 47.0 Å². The standard InChI is InChI=1S/C17H20N2OS/c20-17-15(8-4-5-11-18-17)19-12-14-9-10-16(21-14)13-6-2-1-3-7-13/h1-3,6-7,9-10,15,19H,4-5,8,11-12H2,(H,18,20). The first-order chi connectivity index (χ1) is 10.3. The van der Waals surface area contributed by atoms with Gasteiger partial charge in [-0.3, -0.25) is 4.79 Å². The molecule has 0 aliphatic carbocycles. The molecule has 1 aromatic heterocycles. The molecular weight excluding hydrogens is 280 g/mol. The van der Waals surface area contributed by atoms with Gasteiger partial charge in [-0.1, -0.05) is 30.3 Å². The van der Waals surface area contributed by atoms with Crippen LogP contribution in [0.2, 0.25) is 0 Å². The summed E-state index contributed by atoms with van der Waals surface area (Å²) in [7, 11) is 0. The van der Waals surface area contributed by atoms with E-state index in [9.17, 15) is 4.79 Å². The molecule has 1 aliphatic heterocycles. The molecule has 110 valence electrons. The Morgan fingerprint density at radius 1 is 1.14 bits per heavy atom. The highest BCUT2D eigenvalue weighted by atomic mass is 32.1. The maximum atomic E-state index is 11.9. The number of hydrogen-bond donors (Lipinski definition) is 2. The number of benzene rings is 1. The van der Waals surface area contributed by atoms with Gasteiger partial charge in [0.25, 0.3) is 0 Å². The maximum Gasteiger partial charge on any atom is 0.237 e. The molecule has 1 saturated heterocycles. The van der Waals surface area contributed by atoms with Crippen LogP contribution in [0.5, 0.6) is 0 Å². The summed E-state index contributed by atoms with van der Waals surface area (Å²) in [6, 6.07) is 14.7. The van der Waals surface area contributed by atoms with Crippen LogP contribution in [0.25, 0.3) is 10.4 Å². The van der Waals surface area contributed by atoms with Gasteiger partial charge in [-0.25, -0.2) is 0 Å². The van der Waals surface area contributed by atoms with Crippen molar-refractivity contribution in [1.29, 1.82) is 0 Å². The molecule has 4 heteroatoms. The highest BCUT2D eigenvalue weighted by Gasteiger charge is 2.19. The summed E-state index contributed by atoms with van der Waals surface area (Å²) < 4.78 is 0. The van der Waals surface area contributed by atoms with Crippen LogP contribution >= 0.6 is 11.3 Å². The lowest BCUT2D eigenvalue weighted by molar-refractivity contribution is -0.122. The SMILES string of the molecule is O=C1NCCCCC1NCc1ccc(-c2ccccc2)s1. The predicted molar refractivity (Wildman–Crippen MR) is 87.2 cm³/mol. The molecule has 3 nitrogen and oxygen atoms in total. The fourth-order valence-electron chi connectivity index (χ4n) is 2.59. The summed E-state index contributed by atoms with van der Waals surface area (Å²) >= 11 is 1.79. The van der Waals surface area contributed by atoms with Crippen molar-refractivity contribution in [3.05, 3.63) is 47.3 Å². The van der Waals surface area contributed by atoms with Crippen LogP contribution in [0, 0.1) is 0 Å². The zero-order valence-corrected chi connectivity index (χ0v) is 12.8. The van der Waals surface area contributed by atoms with Crippen LogP contribution in [0.3, 0.4) is 0 Å². The van der Waals surface area contributed by atoms with Crippen LogP contribution in [0.1, 0.15) is 24.1 Å². The fraction of sp³-hybridized carbons (Fsp3) is 0.353. The number of hydrogen-bond acceptors (Lipinski definition) is 3. The predicted octanol–water partition coefficient (Wildman–Crippen LogP) is 3.17. The van der Waals surface area contributed by atoms with Crippen LogP contribution < -0.4 is 10.6 Å². The summed E-state index contributed by atoms with van der Waals surface area (Å²) in [5.41, 5.74) is 1.25. The van der Waals surface area contributed by atoms with Crippen molar-refractivity contribution in [3.63, 3.8) is 0 Å². The topological polar surface area (TPSA) is 41.1 Å². The Morgan fingerprint density at radius 3 is 2.86 bits per heavy atom. The molecule has 0 bridgehead atoms. The molecule has 0 spiro atoms. The van der Waals surface area contributed by atoms with E-state index in [0.717, 1.165) is 32.4 Å². The number of carbonyl (C=O) groups excluding carboxylic acids is 1. The number of amides is 1. The fourth-order valence-corrected chi connectivity index (χ4v) is 3.55. The molecule has 1 fully saturated rings. The Labute approximate surface area is 129 Å². The third-order valence-corrected chi connectivity index (χ3v) is 4.91. The summed E-state index contributed by atoms with van der Waals surface area (Å²) in [6.45, 7) is 1.57. The van der Waals surface area contributed by atoms with Crippen molar-refractivity contribution in [1.82, 2.24) is 10.6 Å². The van der Waals surface area contributed by atoms with Crippen LogP contribution in [-0.2, 0) is 11.3 Å². The Bertz CT molecular complexity index is 594. The van der Waals surface area contributed by atoms with Crippen molar-refractivity contribution in [2.24, 2.45) is 0 Å². The molecule has 3 rings (SSSR count). The third-order valence-electron chi connectivity index (χ3n) is 3.78. The molecule has 2 N–H and O–H groups in total. The molecule has 2 heterocycles. The molecule has 2 aromatic rings. The van der Waals surface area contributed by atoms with Crippen molar-refractivity contribution in [3.8, 4) is 10.4 Å². The second kappa shape index (κ2) is 6.87. The summed E-state index contributed by atoms with van der Waals surface area (Å²) in [5.74, 6) is 0.146. The van der Waals surface area contributed by atoms with Crippen LogP contribution in [0.15, 0.2) is 42.5 Å². The highest BCUT2D eigenvalue weighted by molar-refractivity contribution is 7.15. The molecule has 1 amide bonds. The minimum Gasteiger partial charge on any atom is -0.355 e. The van der Waals surface area contributed by atoms with E-state index in [-0.39, 0.29) is 11.9 Å². The quantitative estimate of drug-likeness (QED) is 0.910. The molecule has 1 unspecified atom stereocenters. The second-order valence-corrected chi connectivity index (χ2v) is 6.52. The number of thiophene rings is 1. The highest BCUT2D eigenvalue weighted by Crippen LogP contribution is 2.27. The Morgan fingerprint density at radius 2 is 2.00 bits per heavy atom. The lowest BCUT2D eigenvalue weighted by Crippen LogP contribution is -2.42. The number of carbonyl (C=O) groups is 1.